The summed E-state index contributed by atoms with van der Waals surface area (Å²) in [5.74, 6) is -2.66. The second-order valence-electron chi connectivity index (χ2n) is 10.7. The molecule has 0 radical (unpaired) electrons. The van der Waals surface area contributed by atoms with Gasteiger partial charge in [0.1, 0.15) is 28.2 Å². The van der Waals surface area contributed by atoms with Crippen LogP contribution in [0.4, 0.5) is 0 Å². The number of nitrogens with one attached hydrogen (secondary N) is 1. The fourth-order valence-electron chi connectivity index (χ4n) is 4.74. The number of hydrogen-bond donors (Lipinski definition) is 7. The van der Waals surface area contributed by atoms with Gasteiger partial charge in [-0.05, 0) is 61.2 Å². The summed E-state index contributed by atoms with van der Waals surface area (Å²) in [6.45, 7) is 0.928. The quantitative estimate of drug-likeness (QED) is 0.0543. The number of amides is 1. The number of carbonyl (C=O) groups excluding carboxylic acids is 1. The van der Waals surface area contributed by atoms with Crippen molar-refractivity contribution in [2.24, 2.45) is 0 Å². The summed E-state index contributed by atoms with van der Waals surface area (Å²) in [5, 5.41) is 69.5. The summed E-state index contributed by atoms with van der Waals surface area (Å²) in [6.07, 6.45) is 7.50. The number of aryl methyl sites for hydroxylation is 1. The zero-order valence-electron chi connectivity index (χ0n) is 25.0. The fraction of sp³-hybridized carbons (Fsp3) is 0.212. The molecule has 3 aromatic carbocycles. The predicted octanol–water partition coefficient (Wildman–Crippen LogP) is 4.25. The number of fused-ring (bicyclic) bond motifs is 1. The molecule has 0 fully saturated rings. The van der Waals surface area contributed by atoms with Gasteiger partial charge in [0.15, 0.2) is 28.8 Å². The maximum absolute atomic E-state index is 13.3. The van der Waals surface area contributed by atoms with Crippen LogP contribution in [-0.4, -0.2) is 58.1 Å². The Balaban J connectivity index is 1.10. The van der Waals surface area contributed by atoms with Crippen molar-refractivity contribution in [3.05, 3.63) is 82.3 Å². The second kappa shape index (κ2) is 14.3. The highest BCUT2D eigenvalue weighted by Crippen LogP contribution is 2.38. The molecule has 2 aromatic heterocycles. The highest BCUT2D eigenvalue weighted by molar-refractivity contribution is 5.91. The molecule has 0 aliphatic carbocycles. The van der Waals surface area contributed by atoms with E-state index in [1.807, 2.05) is 0 Å². The number of phenolic OH excluding ortho intramolecular Hbond substituents is 6. The van der Waals surface area contributed by atoms with Crippen LogP contribution in [0.1, 0.15) is 36.9 Å². The predicted molar refractivity (Wildman–Crippen MR) is 169 cm³/mol. The van der Waals surface area contributed by atoms with Gasteiger partial charge < -0.3 is 45.1 Å². The van der Waals surface area contributed by atoms with Crippen molar-refractivity contribution >= 4 is 23.0 Å². The number of carbonyl (C=O) groups is 1. The summed E-state index contributed by atoms with van der Waals surface area (Å²) in [4.78, 5) is 25.5. The Bertz CT molecular complexity index is 2000. The van der Waals surface area contributed by atoms with Gasteiger partial charge in [-0.15, -0.1) is 5.10 Å². The third-order valence-corrected chi connectivity index (χ3v) is 7.14. The lowest BCUT2D eigenvalue weighted by atomic mass is 10.1. The van der Waals surface area contributed by atoms with E-state index in [9.17, 15) is 40.2 Å². The lowest BCUT2D eigenvalue weighted by Gasteiger charge is -2.13. The molecule has 0 spiro atoms. The molecular weight excluding hydrogens is 612 g/mol. The third kappa shape index (κ3) is 7.92. The van der Waals surface area contributed by atoms with Crippen LogP contribution in [0, 0.1) is 0 Å². The van der Waals surface area contributed by atoms with Crippen LogP contribution < -0.4 is 15.5 Å². The molecule has 14 heteroatoms. The lowest BCUT2D eigenvalue weighted by molar-refractivity contribution is -0.116. The Hall–Kier alpha value is -6.18. The molecule has 1 amide bonds. The summed E-state index contributed by atoms with van der Waals surface area (Å²) in [7, 11) is 0. The van der Waals surface area contributed by atoms with Gasteiger partial charge in [0, 0.05) is 30.3 Å². The van der Waals surface area contributed by atoms with Crippen LogP contribution in [0.2, 0.25) is 0 Å². The zero-order valence-corrected chi connectivity index (χ0v) is 25.0. The molecule has 0 unspecified atom stereocenters. The molecule has 0 atom stereocenters. The molecule has 5 rings (SSSR count). The van der Waals surface area contributed by atoms with E-state index in [-0.39, 0.29) is 70.1 Å². The number of rotatable bonds is 13. The Morgan fingerprint density at radius 1 is 0.872 bits per heavy atom. The normalized spacial score (nSPS) is 11.3. The number of unbranched alkanes of at least 4 members (excludes halogenated alkanes) is 3. The van der Waals surface area contributed by atoms with Crippen molar-refractivity contribution in [3.8, 4) is 51.6 Å². The van der Waals surface area contributed by atoms with Gasteiger partial charge in [0.2, 0.25) is 17.1 Å². The van der Waals surface area contributed by atoms with Crippen LogP contribution in [0.5, 0.6) is 40.2 Å². The number of hydrogen-bond acceptors (Lipinski definition) is 12. The van der Waals surface area contributed by atoms with Crippen molar-refractivity contribution in [2.45, 2.75) is 38.8 Å². The first kappa shape index (κ1) is 32.2. The van der Waals surface area contributed by atoms with E-state index in [0.717, 1.165) is 25.3 Å². The monoisotopic (exact) mass is 644 g/mol. The SMILES string of the molecule is O=C(/C=C/c1ccc(O)c(O)c1)NCc1cn(CCCCCCOc2c(-c3ccc(O)c(O)c3)oc3cc(O)cc(O)c3c2=O)nn1. The molecule has 0 aliphatic rings. The van der Waals surface area contributed by atoms with Crippen molar-refractivity contribution in [1.82, 2.24) is 20.3 Å². The van der Waals surface area contributed by atoms with Crippen LogP contribution in [0.3, 0.4) is 0 Å². The second-order valence-corrected chi connectivity index (χ2v) is 10.7. The average Bonchev–Trinajstić information content (AvgIpc) is 3.49. The van der Waals surface area contributed by atoms with E-state index < -0.39 is 16.9 Å². The van der Waals surface area contributed by atoms with Crippen molar-refractivity contribution in [3.63, 3.8) is 0 Å². The first-order valence-electron chi connectivity index (χ1n) is 14.6. The molecule has 2 heterocycles. The maximum atomic E-state index is 13.3. The van der Waals surface area contributed by atoms with Gasteiger partial charge in [-0.2, -0.15) is 0 Å². The first-order chi connectivity index (χ1) is 22.6. The molecule has 244 valence electrons. The largest absolute Gasteiger partial charge is 0.508 e. The molecule has 14 nitrogen and oxygen atoms in total. The van der Waals surface area contributed by atoms with Crippen LogP contribution in [0.15, 0.2) is 70.0 Å². The Kier molecular flexibility index (Phi) is 9.79. The number of benzene rings is 3. The number of nitrogens with zero attached hydrogens (tertiary/aromatic N) is 3. The summed E-state index contributed by atoms with van der Waals surface area (Å²) >= 11 is 0. The van der Waals surface area contributed by atoms with E-state index in [1.54, 1.807) is 16.9 Å². The number of aromatic hydroxyl groups is 6. The van der Waals surface area contributed by atoms with E-state index in [1.165, 1.54) is 48.6 Å². The maximum Gasteiger partial charge on any atom is 0.244 e. The molecule has 0 saturated heterocycles. The minimum absolute atomic E-state index is 0.0328. The number of ether oxygens (including phenoxy) is 1. The standard InChI is InChI=1S/C33H32N4O10/c38-22-15-27(43)30-28(16-22)47-32(20-7-9-24(40)26(42)14-20)33(31(30)45)46-12-4-2-1-3-11-37-18-21(35-36-37)17-34-29(44)10-6-19-5-8-23(39)25(41)13-19/h5-10,13-16,18,38-43H,1-4,11-12,17H2,(H,34,44)/b10-6+. The van der Waals surface area contributed by atoms with Crippen molar-refractivity contribution in [1.29, 1.82) is 0 Å². The van der Waals surface area contributed by atoms with Crippen molar-refractivity contribution < 1.29 is 44.6 Å². The van der Waals surface area contributed by atoms with Gasteiger partial charge in [-0.1, -0.05) is 17.7 Å². The van der Waals surface area contributed by atoms with E-state index in [2.05, 4.69) is 15.6 Å². The van der Waals surface area contributed by atoms with Crippen LogP contribution in [-0.2, 0) is 17.9 Å². The van der Waals surface area contributed by atoms with Crippen LogP contribution in [0.25, 0.3) is 28.4 Å². The first-order valence-corrected chi connectivity index (χ1v) is 14.6. The summed E-state index contributed by atoms with van der Waals surface area (Å²) < 4.78 is 13.4. The molecule has 7 N–H and O–H groups in total. The molecule has 0 aliphatic heterocycles. The van der Waals surface area contributed by atoms with Gasteiger partial charge in [-0.25, -0.2) is 0 Å². The minimum atomic E-state index is -0.654. The third-order valence-electron chi connectivity index (χ3n) is 7.14. The highest BCUT2D eigenvalue weighted by Gasteiger charge is 2.21. The van der Waals surface area contributed by atoms with E-state index >= 15 is 0 Å². The fourth-order valence-corrected chi connectivity index (χ4v) is 4.74. The topological polar surface area (TPSA) is 221 Å². The number of aromatic nitrogens is 3. The van der Waals surface area contributed by atoms with Gasteiger partial charge in [0.05, 0.1) is 19.3 Å². The highest BCUT2D eigenvalue weighted by atomic mass is 16.5. The Labute approximate surface area is 267 Å². The lowest BCUT2D eigenvalue weighted by Crippen LogP contribution is -2.20. The molecular formula is C33H32N4O10. The molecule has 0 saturated carbocycles. The average molecular weight is 645 g/mol. The summed E-state index contributed by atoms with van der Waals surface area (Å²) in [5.41, 5.74) is 0.643. The smallest absolute Gasteiger partial charge is 0.244 e. The van der Waals surface area contributed by atoms with Gasteiger partial charge >= 0.3 is 0 Å². The molecule has 0 bridgehead atoms. The van der Waals surface area contributed by atoms with E-state index in [4.69, 9.17) is 9.15 Å². The molecule has 47 heavy (non-hydrogen) atoms. The Morgan fingerprint density at radius 2 is 1.62 bits per heavy atom. The zero-order chi connectivity index (χ0) is 33.5. The molecule has 5 aromatic rings. The van der Waals surface area contributed by atoms with Crippen molar-refractivity contribution in [2.75, 3.05) is 6.61 Å². The van der Waals surface area contributed by atoms with Crippen LogP contribution >= 0.6 is 0 Å². The summed E-state index contributed by atoms with van der Waals surface area (Å²) in [6, 6.07) is 10.3. The minimum Gasteiger partial charge on any atom is -0.508 e. The van der Waals surface area contributed by atoms with Gasteiger partial charge in [0.25, 0.3) is 0 Å². The van der Waals surface area contributed by atoms with E-state index in [0.29, 0.717) is 24.2 Å². The Morgan fingerprint density at radius 3 is 2.38 bits per heavy atom. The number of phenols is 6. The van der Waals surface area contributed by atoms with Gasteiger partial charge in [-0.3, -0.25) is 14.3 Å².